The summed E-state index contributed by atoms with van der Waals surface area (Å²) in [4.78, 5) is 31.7. The van der Waals surface area contributed by atoms with Crippen molar-refractivity contribution in [2.45, 2.75) is 32.2 Å². The molecule has 5 aromatic rings. The van der Waals surface area contributed by atoms with E-state index in [2.05, 4.69) is 55.6 Å². The molecule has 5 heterocycles. The molecule has 0 radical (unpaired) electrons. The lowest BCUT2D eigenvalue weighted by atomic mass is 10.1. The van der Waals surface area contributed by atoms with Crippen LogP contribution in [0.5, 0.6) is 11.5 Å². The molecule has 17 nitrogen and oxygen atoms in total. The van der Waals surface area contributed by atoms with E-state index in [4.69, 9.17) is 5.11 Å². The van der Waals surface area contributed by atoms with Crippen molar-refractivity contribution in [2.75, 3.05) is 31.5 Å². The Balaban J connectivity index is 1.25. The van der Waals surface area contributed by atoms with Gasteiger partial charge in [-0.3, -0.25) is 14.4 Å². The third-order valence-corrected chi connectivity index (χ3v) is 7.15. The zero-order valence-electron chi connectivity index (χ0n) is 24.7. The van der Waals surface area contributed by atoms with Gasteiger partial charge in [-0.25, -0.2) is 14.3 Å². The maximum Gasteiger partial charge on any atom is 0.404 e. The number of carboxylic acid groups (broad SMARTS) is 1. The lowest BCUT2D eigenvalue weighted by molar-refractivity contribution is -0.0526. The fourth-order valence-electron chi connectivity index (χ4n) is 5.03. The fraction of sp³-hybridized carbons (Fsp3) is 0.333. The minimum atomic E-state index is -3.27. The van der Waals surface area contributed by atoms with E-state index in [0.29, 0.717) is 32.6 Å². The number of rotatable bonds is 14. The standard InChI is InChI=1S/C27H26F4N12O5/c28-25(29)47-16-3-4-20(48-26(30)31)17(9-16)22-19(35-24(44)18-10-34-42-8-2-5-32-23(18)42)13-41(38-22)14-21-36-39-43(37-21)15-11-40(12-15)7-1-6-33-27(45)46/h2-5,8-10,13,15,25-26,33H,1,6-7,11-12,14H2,(H,35,44)(H,45,46). The number of alkyl halides is 4. The summed E-state index contributed by atoms with van der Waals surface area (Å²) in [5.74, 6) is -1.21. The van der Waals surface area contributed by atoms with Gasteiger partial charge in [-0.1, -0.05) is 0 Å². The molecule has 4 aromatic heterocycles. The SMILES string of the molecule is O=C(O)NCCCN1CC(n2nnc(Cn3cc(NC(=O)c4cnn5cccnc45)c(-c4cc(OC(F)F)ccc4OC(F)F)n3)n2)C1. The van der Waals surface area contributed by atoms with Gasteiger partial charge in [0.2, 0.25) is 0 Å². The van der Waals surface area contributed by atoms with E-state index in [9.17, 15) is 27.2 Å². The van der Waals surface area contributed by atoms with Crippen LogP contribution in [-0.2, 0) is 6.54 Å². The van der Waals surface area contributed by atoms with Crippen molar-refractivity contribution < 1.29 is 41.7 Å². The minimum Gasteiger partial charge on any atom is -0.465 e. The summed E-state index contributed by atoms with van der Waals surface area (Å²) in [6.45, 7) is -4.25. The normalized spacial score (nSPS) is 13.6. The molecule has 0 aliphatic carbocycles. The van der Waals surface area contributed by atoms with Crippen molar-refractivity contribution in [3.63, 3.8) is 0 Å². The first kappa shape index (κ1) is 32.1. The molecule has 1 saturated heterocycles. The molecule has 21 heteroatoms. The van der Waals surface area contributed by atoms with Crippen molar-refractivity contribution in [3.05, 3.63) is 60.4 Å². The second kappa shape index (κ2) is 13.9. The first-order valence-corrected chi connectivity index (χ1v) is 14.3. The first-order valence-electron chi connectivity index (χ1n) is 14.3. The molecular weight excluding hydrogens is 648 g/mol. The molecule has 0 saturated carbocycles. The molecule has 3 N–H and O–H groups in total. The predicted octanol–water partition coefficient (Wildman–Crippen LogP) is 2.60. The van der Waals surface area contributed by atoms with Gasteiger partial charge in [-0.2, -0.15) is 32.6 Å². The van der Waals surface area contributed by atoms with Crippen LogP contribution in [0.25, 0.3) is 16.9 Å². The lowest BCUT2D eigenvalue weighted by Gasteiger charge is -2.37. The molecule has 6 rings (SSSR count). The van der Waals surface area contributed by atoms with Crippen LogP contribution in [0.1, 0.15) is 28.6 Å². The van der Waals surface area contributed by atoms with Gasteiger partial charge in [0.05, 0.1) is 23.5 Å². The number of anilines is 1. The molecule has 1 aliphatic heterocycles. The third kappa shape index (κ3) is 7.40. The Kier molecular flexibility index (Phi) is 9.27. The fourth-order valence-corrected chi connectivity index (χ4v) is 5.03. The number of carbonyl (C=O) groups excluding carboxylic acids is 1. The number of benzene rings is 1. The second-order valence-corrected chi connectivity index (χ2v) is 10.4. The van der Waals surface area contributed by atoms with Gasteiger partial charge < -0.3 is 25.2 Å². The average molecular weight is 675 g/mol. The van der Waals surface area contributed by atoms with Gasteiger partial charge in [-0.05, 0) is 42.4 Å². The molecule has 0 unspecified atom stereocenters. The smallest absolute Gasteiger partial charge is 0.404 e. The number of hydrogen-bond acceptors (Lipinski definition) is 11. The summed E-state index contributed by atoms with van der Waals surface area (Å²) < 4.78 is 64.6. The van der Waals surface area contributed by atoms with E-state index in [1.165, 1.54) is 32.6 Å². The molecule has 0 spiro atoms. The number of amides is 2. The van der Waals surface area contributed by atoms with Crippen LogP contribution in [-0.4, -0.2) is 106 Å². The summed E-state index contributed by atoms with van der Waals surface area (Å²) in [5, 5.41) is 34.8. The summed E-state index contributed by atoms with van der Waals surface area (Å²) in [7, 11) is 0. The van der Waals surface area contributed by atoms with Crippen molar-refractivity contribution in [3.8, 4) is 22.8 Å². The largest absolute Gasteiger partial charge is 0.465 e. The predicted molar refractivity (Wildman–Crippen MR) is 155 cm³/mol. The van der Waals surface area contributed by atoms with Crippen molar-refractivity contribution in [1.29, 1.82) is 0 Å². The van der Waals surface area contributed by atoms with Crippen molar-refractivity contribution in [1.82, 2.24) is 54.8 Å². The highest BCUT2D eigenvalue weighted by Gasteiger charge is 2.30. The van der Waals surface area contributed by atoms with E-state index in [0.717, 1.165) is 18.2 Å². The maximum absolute atomic E-state index is 13.4. The molecule has 252 valence electrons. The van der Waals surface area contributed by atoms with Crippen molar-refractivity contribution >= 4 is 23.3 Å². The molecule has 1 aliphatic rings. The quantitative estimate of drug-likeness (QED) is 0.115. The van der Waals surface area contributed by atoms with Crippen molar-refractivity contribution in [2.24, 2.45) is 0 Å². The van der Waals surface area contributed by atoms with Gasteiger partial charge in [-0.15, -0.1) is 10.2 Å². The van der Waals surface area contributed by atoms with E-state index in [-0.39, 0.29) is 52.3 Å². The zero-order valence-corrected chi connectivity index (χ0v) is 24.7. The Hall–Kier alpha value is -5.86. The number of aromatic nitrogens is 9. The highest BCUT2D eigenvalue weighted by Crippen LogP contribution is 2.38. The van der Waals surface area contributed by atoms with Gasteiger partial charge in [0.1, 0.15) is 29.3 Å². The van der Waals surface area contributed by atoms with Gasteiger partial charge in [0, 0.05) is 38.2 Å². The molecular formula is C27H26F4N12O5. The van der Waals surface area contributed by atoms with E-state index in [1.807, 2.05) is 0 Å². The molecule has 48 heavy (non-hydrogen) atoms. The summed E-state index contributed by atoms with van der Waals surface area (Å²) in [5.41, 5.74) is 0.0477. The Labute approximate surface area is 267 Å². The highest BCUT2D eigenvalue weighted by atomic mass is 19.3. The maximum atomic E-state index is 13.4. The molecule has 0 bridgehead atoms. The molecule has 0 atom stereocenters. The second-order valence-electron chi connectivity index (χ2n) is 10.4. The molecule has 2 amide bonds. The van der Waals surface area contributed by atoms with E-state index < -0.39 is 31.0 Å². The van der Waals surface area contributed by atoms with Gasteiger partial charge >= 0.3 is 19.3 Å². The van der Waals surface area contributed by atoms with Gasteiger partial charge in [0.15, 0.2) is 11.5 Å². The van der Waals surface area contributed by atoms with Crippen LogP contribution in [0, 0.1) is 0 Å². The summed E-state index contributed by atoms with van der Waals surface area (Å²) in [6, 6.07) is 4.66. The van der Waals surface area contributed by atoms with Crippen LogP contribution in [0.15, 0.2) is 49.1 Å². The lowest BCUT2D eigenvalue weighted by Crippen LogP contribution is -2.49. The number of tetrazole rings is 1. The van der Waals surface area contributed by atoms with Crippen LogP contribution in [0.3, 0.4) is 0 Å². The Morgan fingerprint density at radius 2 is 1.92 bits per heavy atom. The minimum absolute atomic E-state index is 0.00279. The Morgan fingerprint density at radius 3 is 2.69 bits per heavy atom. The number of nitrogens with one attached hydrogen (secondary N) is 2. The zero-order chi connectivity index (χ0) is 33.8. The van der Waals surface area contributed by atoms with Crippen LogP contribution in [0.2, 0.25) is 0 Å². The number of likely N-dealkylation sites (tertiary alicyclic amines) is 1. The highest BCUT2D eigenvalue weighted by molar-refractivity contribution is 6.09. The number of carbonyl (C=O) groups is 2. The number of hydrogen-bond donors (Lipinski definition) is 3. The van der Waals surface area contributed by atoms with Crippen LogP contribution < -0.4 is 20.1 Å². The molecule has 1 aromatic carbocycles. The number of nitrogens with zero attached hydrogens (tertiary/aromatic N) is 10. The number of halogens is 4. The Bertz CT molecular complexity index is 1910. The summed E-state index contributed by atoms with van der Waals surface area (Å²) >= 11 is 0. The average Bonchev–Trinajstić information content (AvgIpc) is 3.75. The van der Waals surface area contributed by atoms with Gasteiger partial charge in [0.25, 0.3) is 5.91 Å². The number of ether oxygens (including phenoxy) is 2. The van der Waals surface area contributed by atoms with E-state index >= 15 is 0 Å². The summed E-state index contributed by atoms with van der Waals surface area (Å²) in [6.07, 6.45) is 5.31. The van der Waals surface area contributed by atoms with Crippen LogP contribution in [0.4, 0.5) is 28.0 Å². The molecule has 1 fully saturated rings. The third-order valence-electron chi connectivity index (χ3n) is 7.15. The monoisotopic (exact) mass is 674 g/mol. The Morgan fingerprint density at radius 1 is 1.10 bits per heavy atom. The first-order chi connectivity index (χ1) is 23.1. The number of fused-ring (bicyclic) bond motifs is 1. The van der Waals surface area contributed by atoms with E-state index in [1.54, 1.807) is 12.3 Å². The topological polar surface area (TPSA) is 192 Å². The van der Waals surface area contributed by atoms with Crippen LogP contribution >= 0.6 is 0 Å².